The van der Waals surface area contributed by atoms with Crippen LogP contribution in [0.3, 0.4) is 0 Å². The number of nitrogens with zero attached hydrogens (tertiary/aromatic N) is 2. The van der Waals surface area contributed by atoms with Crippen molar-refractivity contribution in [2.75, 3.05) is 13.7 Å². The number of hydrogen-bond donors (Lipinski definition) is 3. The molecule has 1 saturated heterocycles. The predicted molar refractivity (Wildman–Crippen MR) is 247 cm³/mol. The molecule has 4 amide bonds. The Morgan fingerprint density at radius 2 is 1.49 bits per heavy atom. The molecule has 0 bridgehead atoms. The van der Waals surface area contributed by atoms with Crippen molar-refractivity contribution >= 4 is 44.7 Å². The number of sulfonamides is 1. The Hall–Kier alpha value is -6.74. The largest absolute Gasteiger partial charge is 0.497 e. The molecule has 0 radical (unpaired) electrons. The highest BCUT2D eigenvalue weighted by atomic mass is 32.2. The lowest BCUT2D eigenvalue weighted by atomic mass is 9.85. The zero-order chi connectivity index (χ0) is 46.9. The van der Waals surface area contributed by atoms with Gasteiger partial charge in [0, 0.05) is 35.4 Å². The van der Waals surface area contributed by atoms with Crippen LogP contribution in [0.5, 0.6) is 11.5 Å². The number of hydrogen-bond acceptors (Lipinski definition) is 10. The second kappa shape index (κ2) is 18.0. The van der Waals surface area contributed by atoms with Crippen LogP contribution in [-0.2, 0) is 29.1 Å². The van der Waals surface area contributed by atoms with Crippen LogP contribution in [-0.4, -0.2) is 85.1 Å². The SMILES string of the molecule is C=CC1CC1(NC(=O)C1CC(Oc2cc(-c3ccccc3)nc3cc(OC)ccc23)CN1C(=O)C(NC(=O)OC(C)(C)C)C(C)(C)C)C(=O)NS(=O)(=O)c1ccc(-c2ccccc2)cc1. The number of rotatable bonds is 13. The number of pyridine rings is 1. The molecule has 1 aliphatic heterocycles. The molecule has 65 heavy (non-hydrogen) atoms. The number of carbonyl (C=O) groups excluding carboxylic acids is 4. The van der Waals surface area contributed by atoms with Crippen LogP contribution in [0.15, 0.2) is 127 Å². The Balaban J connectivity index is 1.19. The van der Waals surface area contributed by atoms with Gasteiger partial charge in [0.05, 0.1) is 29.8 Å². The van der Waals surface area contributed by atoms with Gasteiger partial charge in [0.25, 0.3) is 15.9 Å². The van der Waals surface area contributed by atoms with Crippen LogP contribution in [0.2, 0.25) is 0 Å². The van der Waals surface area contributed by atoms with Gasteiger partial charge in [0.15, 0.2) is 0 Å². The molecule has 4 aromatic carbocycles. The fourth-order valence-electron chi connectivity index (χ4n) is 8.02. The standard InChI is InChI=1S/C50H55N5O9S/c1-9-34-29-50(34,46(58)54-65(60,61)37-23-20-32(21-24-37)31-16-12-10-13-17-31)53-44(56)41-27-36(30-55(41)45(57)43(48(2,3)4)52-47(59)64-49(5,6)7)63-42-28-39(33-18-14-11-15-19-33)51-40-26-35(62-8)22-25-38(40)42/h9-26,28,34,36,41,43H,1,27,29-30H2,2-8H3,(H,52,59)(H,53,56)(H,54,58). The highest BCUT2D eigenvalue weighted by Gasteiger charge is 2.61. The molecule has 1 aromatic heterocycles. The molecule has 340 valence electrons. The highest BCUT2D eigenvalue weighted by Crippen LogP contribution is 2.45. The van der Waals surface area contributed by atoms with Crippen molar-refractivity contribution in [2.24, 2.45) is 11.3 Å². The molecule has 3 N–H and O–H groups in total. The maximum Gasteiger partial charge on any atom is 0.408 e. The summed E-state index contributed by atoms with van der Waals surface area (Å²) in [4.78, 5) is 63.0. The lowest BCUT2D eigenvalue weighted by Crippen LogP contribution is -2.60. The van der Waals surface area contributed by atoms with Crippen LogP contribution < -0.4 is 24.8 Å². The zero-order valence-electron chi connectivity index (χ0n) is 37.6. The summed E-state index contributed by atoms with van der Waals surface area (Å²) in [6, 6.07) is 29.9. The van der Waals surface area contributed by atoms with Crippen molar-refractivity contribution < 1.29 is 41.8 Å². The number of likely N-dealkylation sites (tertiary alicyclic amines) is 1. The first-order valence-corrected chi connectivity index (χ1v) is 22.9. The molecule has 1 aliphatic carbocycles. The average Bonchev–Trinajstić information content (AvgIpc) is 3.83. The second-order valence-corrected chi connectivity index (χ2v) is 20.2. The molecule has 14 nitrogen and oxygen atoms in total. The van der Waals surface area contributed by atoms with Crippen molar-refractivity contribution in [1.29, 1.82) is 0 Å². The third-order valence-corrected chi connectivity index (χ3v) is 12.9. The third kappa shape index (κ3) is 10.3. The Labute approximate surface area is 379 Å². The number of benzene rings is 4. The highest BCUT2D eigenvalue weighted by molar-refractivity contribution is 7.90. The lowest BCUT2D eigenvalue weighted by molar-refractivity contribution is -0.143. The smallest absolute Gasteiger partial charge is 0.408 e. The van der Waals surface area contributed by atoms with Gasteiger partial charge in [-0.2, -0.15) is 0 Å². The van der Waals surface area contributed by atoms with E-state index in [9.17, 15) is 27.6 Å². The van der Waals surface area contributed by atoms with E-state index in [1.807, 2.05) is 66.7 Å². The van der Waals surface area contributed by atoms with Crippen LogP contribution in [0.25, 0.3) is 33.3 Å². The fraction of sp³-hybridized carbons (Fsp3) is 0.340. The minimum absolute atomic E-state index is 0.0238. The molecule has 5 unspecified atom stereocenters. The number of alkyl carbamates (subject to hydrolysis) is 1. The van der Waals surface area contributed by atoms with Crippen LogP contribution in [0, 0.1) is 11.3 Å². The van der Waals surface area contributed by atoms with E-state index in [1.54, 1.807) is 79.0 Å². The number of carbonyl (C=O) groups is 4. The summed E-state index contributed by atoms with van der Waals surface area (Å²) in [7, 11) is -2.83. The maximum absolute atomic E-state index is 14.8. The molecular formula is C50H55N5O9S. The summed E-state index contributed by atoms with van der Waals surface area (Å²) in [5, 5.41) is 6.23. The summed E-state index contributed by atoms with van der Waals surface area (Å²) in [5.41, 5.74) is 0.313. The van der Waals surface area contributed by atoms with Gasteiger partial charge in [-0.1, -0.05) is 99.6 Å². The van der Waals surface area contributed by atoms with Crippen molar-refractivity contribution in [3.05, 3.63) is 122 Å². The first-order chi connectivity index (χ1) is 30.7. The van der Waals surface area contributed by atoms with Crippen molar-refractivity contribution in [1.82, 2.24) is 25.2 Å². The van der Waals surface area contributed by atoms with Gasteiger partial charge in [0.1, 0.15) is 40.8 Å². The minimum Gasteiger partial charge on any atom is -0.497 e. The van der Waals surface area contributed by atoms with Gasteiger partial charge < -0.3 is 29.7 Å². The molecule has 0 spiro atoms. The van der Waals surface area contributed by atoms with E-state index in [0.717, 1.165) is 16.7 Å². The summed E-state index contributed by atoms with van der Waals surface area (Å²) >= 11 is 0. The Morgan fingerprint density at radius 1 is 0.862 bits per heavy atom. The molecule has 5 aromatic rings. The number of fused-ring (bicyclic) bond motifs is 1. The maximum atomic E-state index is 14.8. The fourth-order valence-corrected chi connectivity index (χ4v) is 9.06. The zero-order valence-corrected chi connectivity index (χ0v) is 38.4. The van der Waals surface area contributed by atoms with Gasteiger partial charge in [-0.05, 0) is 68.0 Å². The molecule has 5 atom stereocenters. The molecule has 2 aliphatic rings. The topological polar surface area (TPSA) is 182 Å². The molecule has 1 saturated carbocycles. The number of methoxy groups -OCH3 is 1. The quantitative estimate of drug-likeness (QED) is 0.101. The number of ether oxygens (including phenoxy) is 3. The monoisotopic (exact) mass is 901 g/mol. The van der Waals surface area contributed by atoms with E-state index in [2.05, 4.69) is 21.9 Å². The second-order valence-electron chi connectivity index (χ2n) is 18.5. The summed E-state index contributed by atoms with van der Waals surface area (Å²) in [5.74, 6) is -1.83. The molecule has 2 heterocycles. The van der Waals surface area contributed by atoms with Gasteiger partial charge in [-0.3, -0.25) is 14.4 Å². The predicted octanol–water partition coefficient (Wildman–Crippen LogP) is 7.43. The number of nitrogens with one attached hydrogen (secondary N) is 3. The van der Waals surface area contributed by atoms with Gasteiger partial charge >= 0.3 is 6.09 Å². The Kier molecular flexibility index (Phi) is 12.8. The molecule has 15 heteroatoms. The van der Waals surface area contributed by atoms with Crippen molar-refractivity contribution in [2.45, 2.75) is 88.6 Å². The van der Waals surface area contributed by atoms with E-state index in [0.29, 0.717) is 28.1 Å². The Morgan fingerprint density at radius 3 is 2.08 bits per heavy atom. The first kappa shape index (κ1) is 46.3. The summed E-state index contributed by atoms with van der Waals surface area (Å²) in [6.45, 7) is 14.2. The Bertz CT molecular complexity index is 2720. The van der Waals surface area contributed by atoms with Gasteiger partial charge in [0.2, 0.25) is 11.8 Å². The van der Waals surface area contributed by atoms with Gasteiger partial charge in [-0.25, -0.2) is 22.9 Å². The van der Waals surface area contributed by atoms with E-state index < -0.39 is 74.5 Å². The van der Waals surface area contributed by atoms with Crippen LogP contribution in [0.4, 0.5) is 4.79 Å². The molecule has 2 fully saturated rings. The minimum atomic E-state index is -4.39. The third-order valence-electron chi connectivity index (χ3n) is 11.5. The molecule has 7 rings (SSSR count). The van der Waals surface area contributed by atoms with E-state index in [-0.39, 0.29) is 24.3 Å². The van der Waals surface area contributed by atoms with Crippen LogP contribution in [0.1, 0.15) is 54.4 Å². The van der Waals surface area contributed by atoms with E-state index in [4.69, 9.17) is 19.2 Å². The lowest BCUT2D eigenvalue weighted by Gasteiger charge is -2.36. The molecular weight excluding hydrogens is 847 g/mol. The van der Waals surface area contributed by atoms with Gasteiger partial charge in [-0.15, -0.1) is 6.58 Å². The number of amides is 4. The van der Waals surface area contributed by atoms with Crippen LogP contribution >= 0.6 is 0 Å². The van der Waals surface area contributed by atoms with E-state index in [1.165, 1.54) is 23.1 Å². The number of aromatic nitrogens is 1. The summed E-state index contributed by atoms with van der Waals surface area (Å²) in [6.07, 6.45) is -0.0598. The van der Waals surface area contributed by atoms with Crippen molar-refractivity contribution in [3.63, 3.8) is 0 Å². The average molecular weight is 902 g/mol. The first-order valence-electron chi connectivity index (χ1n) is 21.4. The van der Waals surface area contributed by atoms with Crippen molar-refractivity contribution in [3.8, 4) is 33.9 Å². The van der Waals surface area contributed by atoms with E-state index >= 15 is 0 Å². The summed E-state index contributed by atoms with van der Waals surface area (Å²) < 4.78 is 47.3. The normalized spacial score (nSPS) is 20.0.